The van der Waals surface area contributed by atoms with E-state index >= 15 is 0 Å². The Bertz CT molecular complexity index is 582. The standard InChI is InChI=1S/C16H15N/c17-16-11-4-3-9-15(16)14-10-5-7-12-6-1-2-8-13(12)14/h1-4,6,8-11H,5,7,17H2. The second kappa shape index (κ2) is 4.10. The first kappa shape index (κ1) is 10.2. The summed E-state index contributed by atoms with van der Waals surface area (Å²) in [5, 5.41) is 0. The quantitative estimate of drug-likeness (QED) is 0.731. The number of hydrogen-bond donors (Lipinski definition) is 1. The van der Waals surface area contributed by atoms with E-state index in [9.17, 15) is 0 Å². The maximum Gasteiger partial charge on any atom is 0.0393 e. The van der Waals surface area contributed by atoms with Crippen LogP contribution in [-0.4, -0.2) is 0 Å². The molecule has 2 aromatic rings. The van der Waals surface area contributed by atoms with Gasteiger partial charge in [0, 0.05) is 11.3 Å². The molecule has 0 amide bonds. The lowest BCUT2D eigenvalue weighted by Crippen LogP contribution is -2.02. The highest BCUT2D eigenvalue weighted by Gasteiger charge is 2.14. The van der Waals surface area contributed by atoms with E-state index in [1.165, 1.54) is 16.7 Å². The van der Waals surface area contributed by atoms with Crippen LogP contribution in [0.2, 0.25) is 0 Å². The van der Waals surface area contributed by atoms with E-state index in [1.54, 1.807) is 0 Å². The third-order valence-electron chi connectivity index (χ3n) is 3.32. The lowest BCUT2D eigenvalue weighted by Gasteiger charge is -2.19. The van der Waals surface area contributed by atoms with Gasteiger partial charge in [0.05, 0.1) is 0 Å². The van der Waals surface area contributed by atoms with Crippen LogP contribution < -0.4 is 5.73 Å². The molecule has 0 saturated carbocycles. The number of hydrogen-bond acceptors (Lipinski definition) is 1. The maximum absolute atomic E-state index is 6.07. The molecule has 1 aliphatic carbocycles. The third kappa shape index (κ3) is 1.74. The SMILES string of the molecule is Nc1ccccc1C1=CCCc2ccccc21. The van der Waals surface area contributed by atoms with Crippen molar-refractivity contribution < 1.29 is 0 Å². The summed E-state index contributed by atoms with van der Waals surface area (Å²) in [5.41, 5.74) is 12.1. The topological polar surface area (TPSA) is 26.0 Å². The van der Waals surface area contributed by atoms with E-state index in [-0.39, 0.29) is 0 Å². The van der Waals surface area contributed by atoms with Gasteiger partial charge in [-0.05, 0) is 35.6 Å². The zero-order valence-corrected chi connectivity index (χ0v) is 9.69. The highest BCUT2D eigenvalue weighted by atomic mass is 14.6. The second-order valence-corrected chi connectivity index (χ2v) is 4.40. The van der Waals surface area contributed by atoms with E-state index in [1.807, 2.05) is 18.2 Å². The Hall–Kier alpha value is -2.02. The molecule has 84 valence electrons. The molecule has 0 heterocycles. The molecule has 17 heavy (non-hydrogen) atoms. The summed E-state index contributed by atoms with van der Waals surface area (Å²) in [6.45, 7) is 0. The lowest BCUT2D eigenvalue weighted by atomic mass is 9.86. The van der Waals surface area contributed by atoms with Gasteiger partial charge in [-0.15, -0.1) is 0 Å². The van der Waals surface area contributed by atoms with Gasteiger partial charge in [0.2, 0.25) is 0 Å². The normalized spacial score (nSPS) is 14.0. The van der Waals surface area contributed by atoms with Crippen LogP contribution in [0.1, 0.15) is 23.1 Å². The summed E-state index contributed by atoms with van der Waals surface area (Å²) < 4.78 is 0. The fourth-order valence-electron chi connectivity index (χ4n) is 2.48. The Morgan fingerprint density at radius 1 is 0.824 bits per heavy atom. The first-order chi connectivity index (χ1) is 8.36. The molecule has 1 aliphatic rings. The Morgan fingerprint density at radius 3 is 2.35 bits per heavy atom. The van der Waals surface area contributed by atoms with Crippen molar-refractivity contribution >= 4 is 11.3 Å². The molecule has 2 aromatic carbocycles. The third-order valence-corrected chi connectivity index (χ3v) is 3.32. The minimum atomic E-state index is 0.857. The van der Waals surface area contributed by atoms with Crippen molar-refractivity contribution in [2.24, 2.45) is 0 Å². The fourth-order valence-corrected chi connectivity index (χ4v) is 2.48. The summed E-state index contributed by atoms with van der Waals surface area (Å²) in [5.74, 6) is 0. The maximum atomic E-state index is 6.07. The molecule has 0 aromatic heterocycles. The molecule has 1 nitrogen and oxygen atoms in total. The van der Waals surface area contributed by atoms with Crippen LogP contribution in [0.5, 0.6) is 0 Å². The number of anilines is 1. The van der Waals surface area contributed by atoms with Crippen molar-refractivity contribution in [3.05, 3.63) is 71.3 Å². The Morgan fingerprint density at radius 2 is 1.53 bits per heavy atom. The minimum absolute atomic E-state index is 0.857. The highest BCUT2D eigenvalue weighted by Crippen LogP contribution is 2.33. The zero-order chi connectivity index (χ0) is 11.7. The molecule has 0 saturated heterocycles. The average Bonchev–Trinajstić information content (AvgIpc) is 2.39. The largest absolute Gasteiger partial charge is 0.398 e. The number of fused-ring (bicyclic) bond motifs is 1. The van der Waals surface area contributed by atoms with Gasteiger partial charge < -0.3 is 5.73 Å². The van der Waals surface area contributed by atoms with Crippen LogP contribution in [0.3, 0.4) is 0 Å². The van der Waals surface area contributed by atoms with E-state index < -0.39 is 0 Å². The van der Waals surface area contributed by atoms with E-state index in [4.69, 9.17) is 5.73 Å². The summed E-state index contributed by atoms with van der Waals surface area (Å²) in [4.78, 5) is 0. The van der Waals surface area contributed by atoms with Gasteiger partial charge in [0.15, 0.2) is 0 Å². The van der Waals surface area contributed by atoms with Gasteiger partial charge in [0.1, 0.15) is 0 Å². The van der Waals surface area contributed by atoms with Gasteiger partial charge >= 0.3 is 0 Å². The van der Waals surface area contributed by atoms with E-state index in [0.717, 1.165) is 24.1 Å². The summed E-state index contributed by atoms with van der Waals surface area (Å²) in [6, 6.07) is 16.7. The van der Waals surface area contributed by atoms with Crippen molar-refractivity contribution in [3.63, 3.8) is 0 Å². The number of para-hydroxylation sites is 1. The van der Waals surface area contributed by atoms with Gasteiger partial charge in [-0.2, -0.15) is 0 Å². The van der Waals surface area contributed by atoms with Crippen molar-refractivity contribution in [1.82, 2.24) is 0 Å². The van der Waals surface area contributed by atoms with Crippen LogP contribution >= 0.6 is 0 Å². The van der Waals surface area contributed by atoms with Gasteiger partial charge in [0.25, 0.3) is 0 Å². The van der Waals surface area contributed by atoms with Gasteiger partial charge in [-0.25, -0.2) is 0 Å². The molecule has 1 heteroatoms. The number of nitrogen functional groups attached to an aromatic ring is 1. The minimum Gasteiger partial charge on any atom is -0.398 e. The van der Waals surface area contributed by atoms with Crippen molar-refractivity contribution in [2.75, 3.05) is 5.73 Å². The van der Waals surface area contributed by atoms with Crippen LogP contribution in [0.15, 0.2) is 54.6 Å². The van der Waals surface area contributed by atoms with Crippen LogP contribution in [0.25, 0.3) is 5.57 Å². The molecule has 3 rings (SSSR count). The van der Waals surface area contributed by atoms with E-state index in [2.05, 4.69) is 36.4 Å². The van der Waals surface area contributed by atoms with Gasteiger partial charge in [-0.1, -0.05) is 48.5 Å². The van der Waals surface area contributed by atoms with Crippen molar-refractivity contribution in [1.29, 1.82) is 0 Å². The monoisotopic (exact) mass is 221 g/mol. The zero-order valence-electron chi connectivity index (χ0n) is 9.69. The summed E-state index contributed by atoms with van der Waals surface area (Å²) >= 11 is 0. The molecular weight excluding hydrogens is 206 g/mol. The predicted octanol–water partition coefficient (Wildman–Crippen LogP) is 3.65. The van der Waals surface area contributed by atoms with Crippen molar-refractivity contribution in [3.8, 4) is 0 Å². The molecule has 0 aliphatic heterocycles. The first-order valence-corrected chi connectivity index (χ1v) is 5.99. The summed E-state index contributed by atoms with van der Waals surface area (Å²) in [7, 11) is 0. The first-order valence-electron chi connectivity index (χ1n) is 5.99. The molecular formula is C16H15N. The van der Waals surface area contributed by atoms with Crippen LogP contribution in [-0.2, 0) is 6.42 Å². The molecule has 0 unspecified atom stereocenters. The molecule has 0 spiro atoms. The van der Waals surface area contributed by atoms with Crippen LogP contribution in [0, 0.1) is 0 Å². The predicted molar refractivity (Wildman–Crippen MR) is 72.7 cm³/mol. The Balaban J connectivity index is 2.17. The smallest absolute Gasteiger partial charge is 0.0393 e. The van der Waals surface area contributed by atoms with Crippen LogP contribution in [0.4, 0.5) is 5.69 Å². The summed E-state index contributed by atoms with van der Waals surface area (Å²) in [6.07, 6.45) is 4.53. The molecule has 0 fully saturated rings. The van der Waals surface area contributed by atoms with Crippen molar-refractivity contribution in [2.45, 2.75) is 12.8 Å². The molecule has 2 N–H and O–H groups in total. The Labute approximate surface area is 102 Å². The average molecular weight is 221 g/mol. The van der Waals surface area contributed by atoms with Gasteiger partial charge in [-0.3, -0.25) is 0 Å². The highest BCUT2D eigenvalue weighted by molar-refractivity contribution is 5.87. The molecule has 0 bridgehead atoms. The van der Waals surface area contributed by atoms with E-state index in [0.29, 0.717) is 0 Å². The second-order valence-electron chi connectivity index (χ2n) is 4.40. The number of aryl methyl sites for hydroxylation is 1. The number of benzene rings is 2. The molecule has 0 atom stereocenters. The lowest BCUT2D eigenvalue weighted by molar-refractivity contribution is 0.978. The number of allylic oxidation sites excluding steroid dienone is 1. The Kier molecular flexibility index (Phi) is 2.45. The number of nitrogens with two attached hydrogens (primary N) is 1. The number of rotatable bonds is 1. The fraction of sp³-hybridized carbons (Fsp3) is 0.125. The molecule has 0 radical (unpaired) electrons.